The average molecular weight is 366 g/mol. The minimum absolute atomic E-state index is 0.163. The summed E-state index contributed by atoms with van der Waals surface area (Å²) in [5.74, 6) is 1.98. The number of aliphatic hydroxyl groups excluding tert-OH is 1. The number of benzene rings is 3. The van der Waals surface area contributed by atoms with Crippen molar-refractivity contribution in [2.75, 3.05) is 0 Å². The van der Waals surface area contributed by atoms with E-state index in [1.54, 1.807) is 18.2 Å². The summed E-state index contributed by atoms with van der Waals surface area (Å²) in [5, 5.41) is 20.8. The van der Waals surface area contributed by atoms with Crippen LogP contribution in [0.3, 0.4) is 0 Å². The van der Waals surface area contributed by atoms with Gasteiger partial charge in [-0.05, 0) is 35.4 Å². The fourth-order valence-electron chi connectivity index (χ4n) is 3.89. The molecule has 1 aliphatic heterocycles. The van der Waals surface area contributed by atoms with Gasteiger partial charge in [0.2, 0.25) is 0 Å². The van der Waals surface area contributed by atoms with Crippen molar-refractivity contribution in [2.45, 2.75) is 6.42 Å². The molecule has 0 saturated heterocycles. The van der Waals surface area contributed by atoms with Crippen LogP contribution in [0.4, 0.5) is 0 Å². The lowest BCUT2D eigenvalue weighted by Gasteiger charge is -2.26. The van der Waals surface area contributed by atoms with Crippen LogP contribution >= 0.6 is 0 Å². The van der Waals surface area contributed by atoms with E-state index < -0.39 is 0 Å². The van der Waals surface area contributed by atoms with E-state index >= 15 is 0 Å². The molecule has 0 amide bonds. The first-order valence-corrected chi connectivity index (χ1v) is 9.21. The first kappa shape index (κ1) is 16.5. The van der Waals surface area contributed by atoms with Crippen LogP contribution in [0, 0.1) is 0 Å². The van der Waals surface area contributed by atoms with Crippen LogP contribution < -0.4 is 4.74 Å². The molecular formula is C25H18O3. The second-order valence-corrected chi connectivity index (χ2v) is 6.89. The highest BCUT2D eigenvalue weighted by Crippen LogP contribution is 2.47. The predicted octanol–water partition coefficient (Wildman–Crippen LogP) is 6.23. The molecule has 0 spiro atoms. The first-order valence-electron chi connectivity index (χ1n) is 9.21. The van der Waals surface area contributed by atoms with Crippen molar-refractivity contribution in [1.82, 2.24) is 0 Å². The molecule has 1 heterocycles. The second-order valence-electron chi connectivity index (χ2n) is 6.89. The maximum absolute atomic E-state index is 10.5. The summed E-state index contributed by atoms with van der Waals surface area (Å²) in [6, 6.07) is 23.1. The molecule has 28 heavy (non-hydrogen) atoms. The summed E-state index contributed by atoms with van der Waals surface area (Å²) in [7, 11) is 0. The molecule has 5 rings (SSSR count). The van der Waals surface area contributed by atoms with E-state index in [-0.39, 0.29) is 11.5 Å². The number of fused-ring (bicyclic) bond motifs is 2. The van der Waals surface area contributed by atoms with E-state index in [9.17, 15) is 10.2 Å². The number of aliphatic hydroxyl groups is 1. The van der Waals surface area contributed by atoms with Crippen LogP contribution in [0.2, 0.25) is 0 Å². The van der Waals surface area contributed by atoms with Gasteiger partial charge in [-0.1, -0.05) is 60.7 Å². The standard InChI is InChI=1S/C25H18O3/c26-21-10-4-1-7-17(21)20-15-16(13-14-22(20)27)25-18-8-2-5-11-23(18)28-24-12-6-3-9-19(24)25/h1-14,26-27H,15H2. The summed E-state index contributed by atoms with van der Waals surface area (Å²) in [5.41, 5.74) is 5.58. The molecule has 0 saturated carbocycles. The molecule has 0 fully saturated rings. The van der Waals surface area contributed by atoms with Crippen LogP contribution in [-0.2, 0) is 0 Å². The van der Waals surface area contributed by atoms with Gasteiger partial charge in [-0.2, -0.15) is 0 Å². The van der Waals surface area contributed by atoms with Crippen molar-refractivity contribution in [1.29, 1.82) is 0 Å². The third-order valence-electron chi connectivity index (χ3n) is 5.20. The van der Waals surface area contributed by atoms with Gasteiger partial charge in [0, 0.05) is 28.7 Å². The Morgan fingerprint density at radius 2 is 1.21 bits per heavy atom. The zero-order valence-corrected chi connectivity index (χ0v) is 15.1. The molecule has 0 unspecified atom stereocenters. The van der Waals surface area contributed by atoms with Crippen LogP contribution in [0.5, 0.6) is 17.2 Å². The number of aromatic hydroxyl groups is 1. The summed E-state index contributed by atoms with van der Waals surface area (Å²) in [6.45, 7) is 0. The highest BCUT2D eigenvalue weighted by Gasteiger charge is 2.26. The summed E-state index contributed by atoms with van der Waals surface area (Å²) < 4.78 is 6.09. The Hall–Kier alpha value is -3.72. The maximum Gasteiger partial charge on any atom is 0.135 e. The van der Waals surface area contributed by atoms with Gasteiger partial charge < -0.3 is 14.9 Å². The Labute approximate surface area is 163 Å². The van der Waals surface area contributed by atoms with Crippen LogP contribution in [0.15, 0.2) is 96.3 Å². The molecule has 1 aliphatic carbocycles. The third-order valence-corrected chi connectivity index (χ3v) is 5.20. The number of hydrogen-bond donors (Lipinski definition) is 2. The Kier molecular flexibility index (Phi) is 3.80. The van der Waals surface area contributed by atoms with E-state index in [0.717, 1.165) is 33.8 Å². The normalized spacial score (nSPS) is 15.1. The van der Waals surface area contributed by atoms with Crippen molar-refractivity contribution < 1.29 is 14.9 Å². The van der Waals surface area contributed by atoms with Gasteiger partial charge in [-0.3, -0.25) is 0 Å². The zero-order valence-electron chi connectivity index (χ0n) is 15.1. The monoisotopic (exact) mass is 366 g/mol. The van der Waals surface area contributed by atoms with E-state index in [2.05, 4.69) is 12.1 Å². The molecule has 0 atom stereocenters. The fraction of sp³-hybridized carbons (Fsp3) is 0.0400. The highest BCUT2D eigenvalue weighted by atomic mass is 16.5. The van der Waals surface area contributed by atoms with Crippen LogP contribution in [0.25, 0.3) is 11.1 Å². The lowest BCUT2D eigenvalue weighted by molar-refractivity contribution is 0.431. The van der Waals surface area contributed by atoms with Gasteiger partial charge in [-0.25, -0.2) is 0 Å². The van der Waals surface area contributed by atoms with Crippen molar-refractivity contribution in [3.05, 3.63) is 113 Å². The van der Waals surface area contributed by atoms with Gasteiger partial charge in [0.05, 0.1) is 0 Å². The minimum atomic E-state index is 0.163. The topological polar surface area (TPSA) is 49.7 Å². The van der Waals surface area contributed by atoms with Crippen molar-refractivity contribution in [3.8, 4) is 17.2 Å². The Balaban J connectivity index is 1.71. The molecule has 0 aromatic heterocycles. The van der Waals surface area contributed by atoms with Gasteiger partial charge in [-0.15, -0.1) is 0 Å². The molecule has 3 nitrogen and oxygen atoms in total. The quantitative estimate of drug-likeness (QED) is 0.420. The molecule has 3 aromatic rings. The van der Waals surface area contributed by atoms with E-state index in [1.807, 2.05) is 54.6 Å². The number of phenolic OH excluding ortho intramolecular Hbond substituents is 1. The van der Waals surface area contributed by atoms with E-state index in [0.29, 0.717) is 17.6 Å². The van der Waals surface area contributed by atoms with Crippen molar-refractivity contribution in [2.24, 2.45) is 0 Å². The SMILES string of the molecule is OC1=C(c2ccccc2O)CC(=C2c3ccccc3Oc3ccccc32)C=C1. The third kappa shape index (κ3) is 2.60. The molecule has 2 N–H and O–H groups in total. The largest absolute Gasteiger partial charge is 0.508 e. The predicted molar refractivity (Wildman–Crippen MR) is 110 cm³/mol. The Bertz CT molecular complexity index is 1130. The zero-order chi connectivity index (χ0) is 19.1. The average Bonchev–Trinajstić information content (AvgIpc) is 2.73. The van der Waals surface area contributed by atoms with Gasteiger partial charge in [0.15, 0.2) is 0 Å². The first-order chi connectivity index (χ1) is 13.7. The summed E-state index contributed by atoms with van der Waals surface area (Å²) in [6.07, 6.45) is 4.17. The smallest absolute Gasteiger partial charge is 0.135 e. The molecule has 2 aliphatic rings. The number of allylic oxidation sites excluding steroid dienone is 4. The maximum atomic E-state index is 10.5. The molecule has 3 heteroatoms. The van der Waals surface area contributed by atoms with Crippen molar-refractivity contribution in [3.63, 3.8) is 0 Å². The van der Waals surface area contributed by atoms with Crippen LogP contribution in [0.1, 0.15) is 23.1 Å². The van der Waals surface area contributed by atoms with Crippen LogP contribution in [-0.4, -0.2) is 10.2 Å². The number of hydrogen-bond acceptors (Lipinski definition) is 3. The van der Waals surface area contributed by atoms with Gasteiger partial charge >= 0.3 is 0 Å². The summed E-state index contributed by atoms with van der Waals surface area (Å²) >= 11 is 0. The van der Waals surface area contributed by atoms with E-state index in [1.165, 1.54) is 0 Å². The number of para-hydroxylation sites is 3. The minimum Gasteiger partial charge on any atom is -0.508 e. The summed E-state index contributed by atoms with van der Waals surface area (Å²) in [4.78, 5) is 0. The Morgan fingerprint density at radius 1 is 0.643 bits per heavy atom. The van der Waals surface area contributed by atoms with Gasteiger partial charge in [0.1, 0.15) is 23.0 Å². The second kappa shape index (κ2) is 6.46. The molecule has 136 valence electrons. The van der Waals surface area contributed by atoms with Crippen molar-refractivity contribution >= 4 is 11.1 Å². The number of rotatable bonds is 1. The molecule has 0 bridgehead atoms. The molecule has 3 aromatic carbocycles. The number of ether oxygens (including phenoxy) is 1. The highest BCUT2D eigenvalue weighted by molar-refractivity contribution is 5.93. The fourth-order valence-corrected chi connectivity index (χ4v) is 3.89. The van der Waals surface area contributed by atoms with E-state index in [4.69, 9.17) is 4.74 Å². The lowest BCUT2D eigenvalue weighted by Crippen LogP contribution is -2.06. The Morgan fingerprint density at radius 3 is 1.86 bits per heavy atom. The molecule has 0 radical (unpaired) electrons. The number of phenols is 1. The molecular weight excluding hydrogens is 348 g/mol. The lowest BCUT2D eigenvalue weighted by atomic mass is 9.84. The van der Waals surface area contributed by atoms with Gasteiger partial charge in [0.25, 0.3) is 0 Å².